The Morgan fingerprint density at radius 2 is 1.63 bits per heavy atom. The zero-order chi connectivity index (χ0) is 13.6. The second kappa shape index (κ2) is 3.99. The molecule has 0 amide bonds. The van der Waals surface area contributed by atoms with Gasteiger partial charge >= 0.3 is 0 Å². The van der Waals surface area contributed by atoms with Gasteiger partial charge in [-0.25, -0.2) is 0 Å². The number of hydrogen-bond donors (Lipinski definition) is 0. The van der Waals surface area contributed by atoms with Gasteiger partial charge in [-0.05, 0) is 28.8 Å². The van der Waals surface area contributed by atoms with E-state index in [2.05, 4.69) is 80.9 Å². The smallest absolute Gasteiger partial charge is 0.0448 e. The third-order valence-electron chi connectivity index (χ3n) is 4.26. The van der Waals surface area contributed by atoms with Crippen LogP contribution in [0.5, 0.6) is 0 Å². The molecule has 2 aromatic rings. The van der Waals surface area contributed by atoms with Gasteiger partial charge in [-0.15, -0.1) is 0 Å². The van der Waals surface area contributed by atoms with Crippen molar-refractivity contribution in [3.63, 3.8) is 0 Å². The average Bonchev–Trinajstić information content (AvgIpc) is 2.61. The van der Waals surface area contributed by atoms with Crippen LogP contribution >= 0.6 is 0 Å². The van der Waals surface area contributed by atoms with E-state index >= 15 is 0 Å². The molecule has 0 saturated heterocycles. The van der Waals surface area contributed by atoms with Crippen LogP contribution in [0.2, 0.25) is 0 Å². The molecule has 1 heterocycles. The first-order chi connectivity index (χ1) is 9.01. The Bertz CT molecular complexity index is 638. The van der Waals surface area contributed by atoms with Crippen LogP contribution < -0.4 is 4.90 Å². The molecule has 0 fully saturated rings. The highest BCUT2D eigenvalue weighted by atomic mass is 15.1. The predicted octanol–water partition coefficient (Wildman–Crippen LogP) is 4.59. The van der Waals surface area contributed by atoms with Crippen LogP contribution in [-0.2, 0) is 5.41 Å². The molecule has 0 bridgehead atoms. The van der Waals surface area contributed by atoms with E-state index in [9.17, 15) is 0 Å². The molecule has 1 aliphatic rings. The van der Waals surface area contributed by atoms with Gasteiger partial charge in [0.15, 0.2) is 0 Å². The third-order valence-corrected chi connectivity index (χ3v) is 4.26. The Kier molecular flexibility index (Phi) is 2.53. The maximum absolute atomic E-state index is 4.23. The molecule has 0 spiro atoms. The van der Waals surface area contributed by atoms with Crippen molar-refractivity contribution in [2.75, 3.05) is 11.9 Å². The van der Waals surface area contributed by atoms with Gasteiger partial charge in [-0.2, -0.15) is 0 Å². The fourth-order valence-corrected chi connectivity index (χ4v) is 2.86. The number of nitrogens with zero attached hydrogens (tertiary/aromatic N) is 1. The van der Waals surface area contributed by atoms with E-state index in [1.165, 1.54) is 22.4 Å². The number of likely N-dealkylation sites (N-methyl/N-ethyl adjacent to an activating group) is 1. The summed E-state index contributed by atoms with van der Waals surface area (Å²) >= 11 is 0. The Morgan fingerprint density at radius 3 is 2.32 bits per heavy atom. The molecule has 0 saturated carbocycles. The summed E-state index contributed by atoms with van der Waals surface area (Å²) in [5, 5.41) is 0. The molecule has 19 heavy (non-hydrogen) atoms. The average molecular weight is 249 g/mol. The molecule has 0 atom stereocenters. The minimum atomic E-state index is 0.00880. The monoisotopic (exact) mass is 249 g/mol. The zero-order valence-corrected chi connectivity index (χ0v) is 11.8. The molecule has 0 N–H and O–H groups in total. The van der Waals surface area contributed by atoms with Gasteiger partial charge in [-0.3, -0.25) is 0 Å². The lowest BCUT2D eigenvalue weighted by atomic mass is 9.83. The van der Waals surface area contributed by atoms with Gasteiger partial charge in [0, 0.05) is 23.8 Å². The third kappa shape index (κ3) is 1.69. The number of anilines is 1. The summed E-state index contributed by atoms with van der Waals surface area (Å²) < 4.78 is 0. The summed E-state index contributed by atoms with van der Waals surface area (Å²) in [6.45, 7) is 8.72. The lowest BCUT2D eigenvalue weighted by molar-refractivity contribution is 0.643. The van der Waals surface area contributed by atoms with Crippen LogP contribution in [0.3, 0.4) is 0 Å². The van der Waals surface area contributed by atoms with Crippen LogP contribution in [0.1, 0.15) is 19.4 Å². The number of rotatable bonds is 1. The standard InChI is InChI=1S/C18H19N/c1-13-18(2,3)16-12-15(10-11-17(16)19(13)4)14-8-6-5-7-9-14/h5-12H,1H2,2-4H3. The predicted molar refractivity (Wildman–Crippen MR) is 82.4 cm³/mol. The molecular formula is C18H19N. The maximum atomic E-state index is 4.23. The number of fused-ring (bicyclic) bond motifs is 1. The van der Waals surface area contributed by atoms with E-state index < -0.39 is 0 Å². The van der Waals surface area contributed by atoms with Gasteiger partial charge in [0.2, 0.25) is 0 Å². The maximum Gasteiger partial charge on any atom is 0.0448 e. The van der Waals surface area contributed by atoms with Crippen molar-refractivity contribution in [3.05, 3.63) is 66.4 Å². The van der Waals surface area contributed by atoms with E-state index in [1.807, 2.05) is 0 Å². The molecule has 96 valence electrons. The van der Waals surface area contributed by atoms with Crippen molar-refractivity contribution in [3.8, 4) is 11.1 Å². The summed E-state index contributed by atoms with van der Waals surface area (Å²) in [4.78, 5) is 2.20. The van der Waals surface area contributed by atoms with Crippen molar-refractivity contribution >= 4 is 5.69 Å². The van der Waals surface area contributed by atoms with Crippen LogP contribution in [0.15, 0.2) is 60.8 Å². The second-order valence-electron chi connectivity index (χ2n) is 5.73. The Balaban J connectivity index is 2.17. The quantitative estimate of drug-likeness (QED) is 0.714. The van der Waals surface area contributed by atoms with Crippen molar-refractivity contribution < 1.29 is 0 Å². The topological polar surface area (TPSA) is 3.24 Å². The summed E-state index contributed by atoms with van der Waals surface area (Å²) in [6, 6.07) is 17.2. The summed E-state index contributed by atoms with van der Waals surface area (Å²) in [7, 11) is 2.10. The van der Waals surface area contributed by atoms with Crippen molar-refractivity contribution in [2.24, 2.45) is 0 Å². The first-order valence-electron chi connectivity index (χ1n) is 6.65. The minimum Gasteiger partial charge on any atom is -0.348 e. The van der Waals surface area contributed by atoms with E-state index in [4.69, 9.17) is 0 Å². The summed E-state index contributed by atoms with van der Waals surface area (Å²) in [5.74, 6) is 0. The van der Waals surface area contributed by atoms with E-state index in [0.717, 1.165) is 5.70 Å². The van der Waals surface area contributed by atoms with Crippen LogP contribution in [0, 0.1) is 0 Å². The van der Waals surface area contributed by atoms with Gasteiger partial charge < -0.3 is 4.90 Å². The van der Waals surface area contributed by atoms with E-state index in [-0.39, 0.29) is 5.41 Å². The van der Waals surface area contributed by atoms with Crippen LogP contribution in [0.25, 0.3) is 11.1 Å². The Hall–Kier alpha value is -2.02. The first kappa shape index (κ1) is 12.0. The lowest BCUT2D eigenvalue weighted by Crippen LogP contribution is -2.21. The number of allylic oxidation sites excluding steroid dienone is 1. The molecule has 3 rings (SSSR count). The van der Waals surface area contributed by atoms with E-state index in [0.29, 0.717) is 0 Å². The molecule has 1 aliphatic heterocycles. The lowest BCUT2D eigenvalue weighted by Gasteiger charge is -2.22. The molecule has 0 aliphatic carbocycles. The normalized spacial score (nSPS) is 16.6. The highest BCUT2D eigenvalue weighted by Crippen LogP contribution is 2.47. The highest BCUT2D eigenvalue weighted by Gasteiger charge is 2.37. The molecule has 0 unspecified atom stereocenters. The zero-order valence-electron chi connectivity index (χ0n) is 11.8. The Labute approximate surface area is 115 Å². The molecular weight excluding hydrogens is 230 g/mol. The first-order valence-corrected chi connectivity index (χ1v) is 6.65. The van der Waals surface area contributed by atoms with Gasteiger partial charge in [-0.1, -0.05) is 56.8 Å². The minimum absolute atomic E-state index is 0.00880. The molecule has 0 radical (unpaired) electrons. The van der Waals surface area contributed by atoms with Gasteiger partial charge in [0.1, 0.15) is 0 Å². The van der Waals surface area contributed by atoms with Crippen LogP contribution in [0.4, 0.5) is 5.69 Å². The van der Waals surface area contributed by atoms with Crippen LogP contribution in [-0.4, -0.2) is 7.05 Å². The summed E-state index contributed by atoms with van der Waals surface area (Å²) in [5.41, 5.74) is 6.34. The number of benzene rings is 2. The van der Waals surface area contributed by atoms with Gasteiger partial charge in [0.05, 0.1) is 0 Å². The van der Waals surface area contributed by atoms with Crippen molar-refractivity contribution in [1.82, 2.24) is 0 Å². The Morgan fingerprint density at radius 1 is 0.947 bits per heavy atom. The molecule has 0 aromatic heterocycles. The number of hydrogen-bond acceptors (Lipinski definition) is 1. The molecule has 2 aromatic carbocycles. The SMILES string of the molecule is C=C1N(C)c2ccc(-c3ccccc3)cc2C1(C)C. The highest BCUT2D eigenvalue weighted by molar-refractivity contribution is 5.75. The molecule has 1 heteroatoms. The fraction of sp³-hybridized carbons (Fsp3) is 0.222. The van der Waals surface area contributed by atoms with E-state index in [1.54, 1.807) is 0 Å². The molecule has 1 nitrogen and oxygen atoms in total. The van der Waals surface area contributed by atoms with Crippen molar-refractivity contribution in [2.45, 2.75) is 19.3 Å². The summed E-state index contributed by atoms with van der Waals surface area (Å²) in [6.07, 6.45) is 0. The fourth-order valence-electron chi connectivity index (χ4n) is 2.86. The second-order valence-corrected chi connectivity index (χ2v) is 5.73. The van der Waals surface area contributed by atoms with Crippen molar-refractivity contribution in [1.29, 1.82) is 0 Å². The largest absolute Gasteiger partial charge is 0.348 e. The van der Waals surface area contributed by atoms with Gasteiger partial charge in [0.25, 0.3) is 0 Å².